The van der Waals surface area contributed by atoms with Gasteiger partial charge in [-0.2, -0.15) is 0 Å². The van der Waals surface area contributed by atoms with Crippen molar-refractivity contribution >= 4 is 33.0 Å². The number of furan rings is 1. The highest BCUT2D eigenvalue weighted by Crippen LogP contribution is 2.38. The topological polar surface area (TPSA) is 39.2 Å². The molecular formula is C23H19NO2. The van der Waals surface area contributed by atoms with Crippen molar-refractivity contribution in [2.75, 3.05) is 0 Å². The molecule has 0 atom stereocenters. The van der Waals surface area contributed by atoms with E-state index in [0.29, 0.717) is 5.89 Å². The van der Waals surface area contributed by atoms with Gasteiger partial charge < -0.3 is 8.83 Å². The molecule has 0 N–H and O–H groups in total. The Morgan fingerprint density at radius 3 is 2.38 bits per heavy atom. The summed E-state index contributed by atoms with van der Waals surface area (Å²) in [6, 6.07) is 20.3. The number of fused-ring (bicyclic) bond motifs is 4. The number of oxazole rings is 1. The Kier molecular flexibility index (Phi) is 3.05. The van der Waals surface area contributed by atoms with Crippen LogP contribution in [0.2, 0.25) is 0 Å². The zero-order chi connectivity index (χ0) is 17.9. The third-order valence-corrected chi connectivity index (χ3v) is 4.86. The molecule has 0 unspecified atom stereocenters. The maximum absolute atomic E-state index is 6.29. The first-order valence-corrected chi connectivity index (χ1v) is 8.83. The largest absolute Gasteiger partial charge is 0.456 e. The maximum atomic E-state index is 6.29. The highest BCUT2D eigenvalue weighted by molar-refractivity contribution is 6.11. The molecule has 0 amide bonds. The van der Waals surface area contributed by atoms with Crippen LogP contribution in [-0.4, -0.2) is 4.98 Å². The summed E-state index contributed by atoms with van der Waals surface area (Å²) in [4.78, 5) is 4.79. The highest BCUT2D eigenvalue weighted by Gasteiger charge is 2.22. The molecule has 0 saturated carbocycles. The van der Waals surface area contributed by atoms with Crippen LogP contribution in [0.3, 0.4) is 0 Å². The quantitative estimate of drug-likeness (QED) is 0.341. The van der Waals surface area contributed by atoms with E-state index in [-0.39, 0.29) is 5.41 Å². The van der Waals surface area contributed by atoms with Gasteiger partial charge in [-0.1, -0.05) is 57.2 Å². The summed E-state index contributed by atoms with van der Waals surface area (Å²) in [7, 11) is 0. The minimum Gasteiger partial charge on any atom is -0.456 e. The van der Waals surface area contributed by atoms with Gasteiger partial charge in [0.25, 0.3) is 0 Å². The molecule has 3 heteroatoms. The Bertz CT molecular complexity index is 1270. The lowest BCUT2D eigenvalue weighted by Gasteiger charge is -2.18. The van der Waals surface area contributed by atoms with Gasteiger partial charge in [-0.25, -0.2) is 4.98 Å². The van der Waals surface area contributed by atoms with Crippen LogP contribution < -0.4 is 0 Å². The summed E-state index contributed by atoms with van der Waals surface area (Å²) >= 11 is 0. The second kappa shape index (κ2) is 5.21. The molecule has 0 radical (unpaired) electrons. The van der Waals surface area contributed by atoms with E-state index in [4.69, 9.17) is 13.8 Å². The predicted molar refractivity (Wildman–Crippen MR) is 105 cm³/mol. The number of hydrogen-bond donors (Lipinski definition) is 0. The monoisotopic (exact) mass is 341 g/mol. The van der Waals surface area contributed by atoms with Gasteiger partial charge in [0.05, 0.1) is 0 Å². The third-order valence-electron chi connectivity index (χ3n) is 4.86. The Labute approximate surface area is 151 Å². The van der Waals surface area contributed by atoms with Crippen molar-refractivity contribution in [1.29, 1.82) is 0 Å². The number of hydrogen-bond acceptors (Lipinski definition) is 3. The lowest BCUT2D eigenvalue weighted by Crippen LogP contribution is -2.10. The first kappa shape index (κ1) is 15.2. The SMILES string of the molecule is CC(C)(C)c1cccc2nc(-c3cccc4oc5ccccc5c34)oc12. The molecule has 2 aromatic heterocycles. The lowest BCUT2D eigenvalue weighted by atomic mass is 9.86. The molecule has 3 nitrogen and oxygen atoms in total. The maximum Gasteiger partial charge on any atom is 0.228 e. The van der Waals surface area contributed by atoms with E-state index in [2.05, 4.69) is 32.9 Å². The van der Waals surface area contributed by atoms with E-state index in [1.54, 1.807) is 0 Å². The van der Waals surface area contributed by atoms with Crippen molar-refractivity contribution in [1.82, 2.24) is 4.98 Å². The molecule has 2 heterocycles. The zero-order valence-corrected chi connectivity index (χ0v) is 15.0. The van der Waals surface area contributed by atoms with E-state index in [1.807, 2.05) is 48.5 Å². The van der Waals surface area contributed by atoms with E-state index in [0.717, 1.165) is 44.2 Å². The van der Waals surface area contributed by atoms with Crippen molar-refractivity contribution < 1.29 is 8.83 Å². The van der Waals surface area contributed by atoms with Crippen LogP contribution in [0.15, 0.2) is 69.5 Å². The van der Waals surface area contributed by atoms with Crippen molar-refractivity contribution in [3.8, 4) is 11.5 Å². The fourth-order valence-corrected chi connectivity index (χ4v) is 3.61. The zero-order valence-electron chi connectivity index (χ0n) is 15.0. The summed E-state index contributed by atoms with van der Waals surface area (Å²) in [6.07, 6.45) is 0. The highest BCUT2D eigenvalue weighted by atomic mass is 16.4. The van der Waals surface area contributed by atoms with Gasteiger partial charge in [0.1, 0.15) is 16.7 Å². The average molecular weight is 341 g/mol. The Balaban J connectivity index is 1.84. The standard InChI is InChI=1S/C23H19NO2/c1-23(2,3)16-10-7-11-17-21(16)26-22(24-17)15-9-6-13-19-20(15)14-8-4-5-12-18(14)25-19/h4-13H,1-3H3. The summed E-state index contributed by atoms with van der Waals surface area (Å²) < 4.78 is 12.3. The molecule has 5 rings (SSSR count). The minimum absolute atomic E-state index is 0.00927. The minimum atomic E-state index is -0.00927. The van der Waals surface area contributed by atoms with Gasteiger partial charge in [0.15, 0.2) is 5.58 Å². The predicted octanol–water partition coefficient (Wildman–Crippen LogP) is 6.69. The number of benzene rings is 3. The molecule has 0 saturated heterocycles. The molecule has 26 heavy (non-hydrogen) atoms. The fraction of sp³-hybridized carbons (Fsp3) is 0.174. The Morgan fingerprint density at radius 2 is 1.54 bits per heavy atom. The van der Waals surface area contributed by atoms with Crippen molar-refractivity contribution in [3.05, 3.63) is 66.2 Å². The molecule has 0 aliphatic carbocycles. The Morgan fingerprint density at radius 1 is 0.769 bits per heavy atom. The second-order valence-electron chi connectivity index (χ2n) is 7.70. The van der Waals surface area contributed by atoms with Gasteiger partial charge >= 0.3 is 0 Å². The molecule has 3 aromatic carbocycles. The van der Waals surface area contributed by atoms with Crippen LogP contribution in [0.4, 0.5) is 0 Å². The van der Waals surface area contributed by atoms with Crippen LogP contribution in [0.25, 0.3) is 44.5 Å². The van der Waals surface area contributed by atoms with Crippen molar-refractivity contribution in [2.24, 2.45) is 0 Å². The van der Waals surface area contributed by atoms with Crippen molar-refractivity contribution in [3.63, 3.8) is 0 Å². The smallest absolute Gasteiger partial charge is 0.228 e. The fourth-order valence-electron chi connectivity index (χ4n) is 3.61. The van der Waals surface area contributed by atoms with Crippen LogP contribution in [0.1, 0.15) is 26.3 Å². The molecule has 0 spiro atoms. The van der Waals surface area contributed by atoms with E-state index < -0.39 is 0 Å². The van der Waals surface area contributed by atoms with E-state index >= 15 is 0 Å². The number of nitrogens with zero attached hydrogens (tertiary/aromatic N) is 1. The first-order valence-electron chi connectivity index (χ1n) is 8.83. The second-order valence-corrected chi connectivity index (χ2v) is 7.70. The van der Waals surface area contributed by atoms with Crippen LogP contribution >= 0.6 is 0 Å². The molecular weight excluding hydrogens is 322 g/mol. The van der Waals surface area contributed by atoms with Gasteiger partial charge in [0, 0.05) is 21.9 Å². The van der Waals surface area contributed by atoms with Crippen LogP contribution in [0.5, 0.6) is 0 Å². The van der Waals surface area contributed by atoms with Crippen LogP contribution in [-0.2, 0) is 5.41 Å². The molecule has 0 bridgehead atoms. The van der Waals surface area contributed by atoms with Gasteiger partial charge in [-0.3, -0.25) is 0 Å². The molecule has 0 aliphatic heterocycles. The van der Waals surface area contributed by atoms with Gasteiger partial charge in [-0.05, 0) is 29.7 Å². The number of aromatic nitrogens is 1. The summed E-state index contributed by atoms with van der Waals surface area (Å²) in [5.74, 6) is 0.633. The molecule has 0 aliphatic rings. The third kappa shape index (κ3) is 2.17. The molecule has 0 fully saturated rings. The average Bonchev–Trinajstić information content (AvgIpc) is 3.21. The first-order chi connectivity index (χ1) is 12.5. The summed E-state index contributed by atoms with van der Waals surface area (Å²) in [6.45, 7) is 6.57. The summed E-state index contributed by atoms with van der Waals surface area (Å²) in [5.41, 5.74) is 5.59. The summed E-state index contributed by atoms with van der Waals surface area (Å²) in [5, 5.41) is 2.13. The van der Waals surface area contributed by atoms with E-state index in [1.165, 1.54) is 0 Å². The van der Waals surface area contributed by atoms with Gasteiger partial charge in [-0.15, -0.1) is 0 Å². The molecule has 128 valence electrons. The normalized spacial score (nSPS) is 12.4. The van der Waals surface area contributed by atoms with Crippen LogP contribution in [0, 0.1) is 0 Å². The number of rotatable bonds is 1. The van der Waals surface area contributed by atoms with Gasteiger partial charge in [0.2, 0.25) is 5.89 Å². The molecule has 5 aromatic rings. The Hall–Kier alpha value is -3.07. The lowest BCUT2D eigenvalue weighted by molar-refractivity contribution is 0.562. The van der Waals surface area contributed by atoms with E-state index in [9.17, 15) is 0 Å². The number of para-hydroxylation sites is 2. The van der Waals surface area contributed by atoms with Crippen molar-refractivity contribution in [2.45, 2.75) is 26.2 Å².